The van der Waals surface area contributed by atoms with E-state index in [0.29, 0.717) is 19.0 Å². The first-order valence-electron chi connectivity index (χ1n) is 5.23. The van der Waals surface area contributed by atoms with Crippen LogP contribution in [0.2, 0.25) is 0 Å². The monoisotopic (exact) mass is 196 g/mol. The van der Waals surface area contributed by atoms with Crippen LogP contribution >= 0.6 is 0 Å². The first-order valence-corrected chi connectivity index (χ1v) is 5.23. The molecule has 0 aliphatic carbocycles. The predicted octanol–water partition coefficient (Wildman–Crippen LogP) is 0.133. The second-order valence-corrected chi connectivity index (χ2v) is 4.13. The molecule has 0 radical (unpaired) electrons. The first-order chi connectivity index (χ1) is 6.72. The zero-order chi connectivity index (χ0) is 10.1. The first kappa shape index (κ1) is 9.49. The van der Waals surface area contributed by atoms with Crippen molar-refractivity contribution in [2.75, 3.05) is 13.6 Å². The fraction of sp³-hybridized carbons (Fsp3) is 0.800. The molecular formula is C10H16N2O2. The molecular weight excluding hydrogens is 180 g/mol. The molecule has 2 saturated heterocycles. The Hall–Kier alpha value is -1.06. The summed E-state index contributed by atoms with van der Waals surface area (Å²) in [6.45, 7) is 0.628. The number of amides is 2. The molecule has 4 nitrogen and oxygen atoms in total. The Morgan fingerprint density at radius 3 is 2.93 bits per heavy atom. The number of fused-ring (bicyclic) bond motifs is 1. The number of hydrogen-bond donors (Lipinski definition) is 1. The summed E-state index contributed by atoms with van der Waals surface area (Å²) in [7, 11) is 1.65. The Morgan fingerprint density at radius 2 is 2.21 bits per heavy atom. The maximum absolute atomic E-state index is 11.5. The van der Waals surface area contributed by atoms with Crippen LogP contribution in [-0.4, -0.2) is 36.3 Å². The lowest BCUT2D eigenvalue weighted by molar-refractivity contribution is -0.133. The molecule has 2 fully saturated rings. The lowest BCUT2D eigenvalue weighted by atomic mass is 9.93. The Balaban J connectivity index is 2.01. The van der Waals surface area contributed by atoms with Crippen LogP contribution in [0.5, 0.6) is 0 Å². The van der Waals surface area contributed by atoms with Crippen molar-refractivity contribution in [2.45, 2.75) is 31.7 Å². The number of nitrogens with one attached hydrogen (secondary N) is 1. The van der Waals surface area contributed by atoms with Crippen LogP contribution in [0.1, 0.15) is 25.7 Å². The number of piperidine rings is 1. The molecule has 1 N–H and O–H groups in total. The molecule has 2 heterocycles. The summed E-state index contributed by atoms with van der Waals surface area (Å²) in [4.78, 5) is 24.8. The minimum Gasteiger partial charge on any atom is -0.359 e. The zero-order valence-corrected chi connectivity index (χ0v) is 8.45. The molecule has 4 heteroatoms. The number of rotatable bonds is 1. The van der Waals surface area contributed by atoms with Crippen molar-refractivity contribution < 1.29 is 9.59 Å². The zero-order valence-electron chi connectivity index (χ0n) is 8.45. The van der Waals surface area contributed by atoms with Gasteiger partial charge in [-0.3, -0.25) is 9.59 Å². The van der Waals surface area contributed by atoms with Crippen molar-refractivity contribution in [1.29, 1.82) is 0 Å². The van der Waals surface area contributed by atoms with E-state index in [1.165, 1.54) is 0 Å². The topological polar surface area (TPSA) is 49.4 Å². The van der Waals surface area contributed by atoms with Crippen molar-refractivity contribution in [3.05, 3.63) is 0 Å². The number of hydrogen-bond acceptors (Lipinski definition) is 2. The van der Waals surface area contributed by atoms with E-state index in [0.717, 1.165) is 19.3 Å². The summed E-state index contributed by atoms with van der Waals surface area (Å²) in [6, 6.07) is 0.420. The fourth-order valence-electron chi connectivity index (χ4n) is 2.48. The molecule has 0 aromatic carbocycles. The molecule has 2 unspecified atom stereocenters. The molecule has 2 aliphatic heterocycles. The van der Waals surface area contributed by atoms with Crippen LogP contribution in [0, 0.1) is 5.92 Å². The third-order valence-electron chi connectivity index (χ3n) is 3.34. The van der Waals surface area contributed by atoms with Crippen LogP contribution in [-0.2, 0) is 9.59 Å². The highest BCUT2D eigenvalue weighted by Gasteiger charge is 2.38. The summed E-state index contributed by atoms with van der Waals surface area (Å²) in [5.74, 6) is 0.310. The smallest absolute Gasteiger partial charge is 0.224 e. The van der Waals surface area contributed by atoms with Gasteiger partial charge in [0.05, 0.1) is 5.92 Å². The molecule has 2 atom stereocenters. The molecule has 2 rings (SSSR count). The molecule has 14 heavy (non-hydrogen) atoms. The van der Waals surface area contributed by atoms with Crippen LogP contribution in [0.3, 0.4) is 0 Å². The van der Waals surface area contributed by atoms with Crippen molar-refractivity contribution in [3.63, 3.8) is 0 Å². The number of nitrogens with zero attached hydrogens (tertiary/aromatic N) is 1. The van der Waals surface area contributed by atoms with Crippen LogP contribution < -0.4 is 5.32 Å². The molecule has 0 spiro atoms. The van der Waals surface area contributed by atoms with Crippen molar-refractivity contribution in [3.8, 4) is 0 Å². The van der Waals surface area contributed by atoms with Crippen LogP contribution in [0.25, 0.3) is 0 Å². The third-order valence-corrected chi connectivity index (χ3v) is 3.34. The molecule has 0 bridgehead atoms. The predicted molar refractivity (Wildman–Crippen MR) is 51.5 cm³/mol. The summed E-state index contributed by atoms with van der Waals surface area (Å²) < 4.78 is 0. The number of carbonyl (C=O) groups is 2. The van der Waals surface area contributed by atoms with Gasteiger partial charge in [-0.15, -0.1) is 0 Å². The number of carbonyl (C=O) groups excluding carboxylic acids is 2. The van der Waals surface area contributed by atoms with Gasteiger partial charge in [0.15, 0.2) is 0 Å². The maximum atomic E-state index is 11.5. The fourth-order valence-corrected chi connectivity index (χ4v) is 2.48. The molecule has 78 valence electrons. The second kappa shape index (κ2) is 3.59. The Labute approximate surface area is 83.6 Å². The highest BCUT2D eigenvalue weighted by atomic mass is 16.2. The van der Waals surface area contributed by atoms with E-state index in [4.69, 9.17) is 0 Å². The highest BCUT2D eigenvalue weighted by Crippen LogP contribution is 2.30. The Bertz CT molecular complexity index is 265. The lowest BCUT2D eigenvalue weighted by Crippen LogP contribution is -2.46. The van der Waals surface area contributed by atoms with Gasteiger partial charge in [0, 0.05) is 26.1 Å². The van der Waals surface area contributed by atoms with Crippen molar-refractivity contribution >= 4 is 11.8 Å². The summed E-state index contributed by atoms with van der Waals surface area (Å²) in [6.07, 6.45) is 3.57. The van der Waals surface area contributed by atoms with E-state index in [9.17, 15) is 9.59 Å². The summed E-state index contributed by atoms with van der Waals surface area (Å²) in [5, 5.41) is 2.65. The van der Waals surface area contributed by atoms with Gasteiger partial charge < -0.3 is 10.2 Å². The van der Waals surface area contributed by atoms with Crippen LogP contribution in [0.15, 0.2) is 0 Å². The van der Waals surface area contributed by atoms with Crippen molar-refractivity contribution in [1.82, 2.24) is 10.2 Å². The van der Waals surface area contributed by atoms with Gasteiger partial charge in [0.25, 0.3) is 0 Å². The van der Waals surface area contributed by atoms with Gasteiger partial charge in [-0.05, 0) is 19.3 Å². The van der Waals surface area contributed by atoms with Gasteiger partial charge in [0.2, 0.25) is 11.8 Å². The quantitative estimate of drug-likeness (QED) is 0.648. The van der Waals surface area contributed by atoms with Gasteiger partial charge in [-0.25, -0.2) is 0 Å². The second-order valence-electron chi connectivity index (χ2n) is 4.13. The standard InChI is InChI=1S/C10H16N2O2/c1-11-10(14)7-2-3-8-4-5-9(13)12(8)6-7/h7-8H,2-6H2,1H3,(H,11,14). The lowest BCUT2D eigenvalue weighted by Gasteiger charge is -2.34. The average molecular weight is 196 g/mol. The van der Waals surface area contributed by atoms with Crippen molar-refractivity contribution in [2.24, 2.45) is 5.92 Å². The molecule has 2 amide bonds. The van der Waals surface area contributed by atoms with Gasteiger partial charge >= 0.3 is 0 Å². The average Bonchev–Trinajstić information content (AvgIpc) is 2.59. The highest BCUT2D eigenvalue weighted by molar-refractivity contribution is 5.82. The minimum atomic E-state index is 0.0123. The molecule has 0 aromatic heterocycles. The van der Waals surface area contributed by atoms with E-state index in [1.54, 1.807) is 7.05 Å². The summed E-state index contributed by atoms with van der Waals surface area (Å²) >= 11 is 0. The molecule has 0 aromatic rings. The van der Waals surface area contributed by atoms with E-state index in [2.05, 4.69) is 5.32 Å². The normalized spacial score (nSPS) is 31.5. The van der Waals surface area contributed by atoms with Gasteiger partial charge in [-0.2, -0.15) is 0 Å². The van der Waals surface area contributed by atoms with E-state index < -0.39 is 0 Å². The van der Waals surface area contributed by atoms with E-state index >= 15 is 0 Å². The maximum Gasteiger partial charge on any atom is 0.224 e. The van der Waals surface area contributed by atoms with E-state index in [-0.39, 0.29) is 17.7 Å². The van der Waals surface area contributed by atoms with Crippen LogP contribution in [0.4, 0.5) is 0 Å². The summed E-state index contributed by atoms with van der Waals surface area (Å²) in [5.41, 5.74) is 0. The minimum absolute atomic E-state index is 0.0123. The SMILES string of the molecule is CNC(=O)C1CCC2CCC(=O)N2C1. The Morgan fingerprint density at radius 1 is 1.43 bits per heavy atom. The van der Waals surface area contributed by atoms with Gasteiger partial charge in [-0.1, -0.05) is 0 Å². The Kier molecular flexibility index (Phi) is 2.44. The molecule has 2 aliphatic rings. The largest absolute Gasteiger partial charge is 0.359 e. The van der Waals surface area contributed by atoms with Gasteiger partial charge in [0.1, 0.15) is 0 Å². The van der Waals surface area contributed by atoms with E-state index in [1.807, 2.05) is 4.90 Å². The third kappa shape index (κ3) is 1.49. The molecule has 0 saturated carbocycles.